The van der Waals surface area contributed by atoms with Gasteiger partial charge in [0.05, 0.1) is 0 Å². The third-order valence-electron chi connectivity index (χ3n) is 1.88. The van der Waals surface area contributed by atoms with Crippen molar-refractivity contribution in [1.29, 1.82) is 0 Å². The zero-order chi connectivity index (χ0) is 7.40. The summed E-state index contributed by atoms with van der Waals surface area (Å²) in [5.41, 5.74) is 0. The minimum atomic E-state index is -0.132. The van der Waals surface area contributed by atoms with E-state index in [0.717, 1.165) is 12.8 Å². The van der Waals surface area contributed by atoms with E-state index in [-0.39, 0.29) is 28.9 Å². The van der Waals surface area contributed by atoms with Crippen molar-refractivity contribution in [2.45, 2.75) is 45.1 Å². The summed E-state index contributed by atoms with van der Waals surface area (Å²) in [7, 11) is 0. The van der Waals surface area contributed by atoms with Crippen LogP contribution in [-0.4, -0.2) is 12.1 Å². The molecule has 67 valence electrons. The quantitative estimate of drug-likeness (QED) is 0.605. The van der Waals surface area contributed by atoms with Gasteiger partial charge in [-0.2, -0.15) is 0 Å². The standard InChI is InChI=1S/C8H14O2.Co/c1-7(9)10-8-5-3-2-4-6-8;/h8H,2-6H2,1H3;. The third-order valence-corrected chi connectivity index (χ3v) is 1.88. The maximum absolute atomic E-state index is 10.5. The summed E-state index contributed by atoms with van der Waals surface area (Å²) < 4.78 is 5.05. The average Bonchev–Trinajstić information content (AvgIpc) is 1.88. The van der Waals surface area contributed by atoms with Crippen LogP contribution in [0, 0.1) is 0 Å². The Morgan fingerprint density at radius 3 is 2.27 bits per heavy atom. The van der Waals surface area contributed by atoms with Crippen LogP contribution in [0.5, 0.6) is 0 Å². The predicted molar refractivity (Wildman–Crippen MR) is 38.6 cm³/mol. The van der Waals surface area contributed by atoms with Gasteiger partial charge in [-0.1, -0.05) is 6.42 Å². The Morgan fingerprint density at radius 2 is 1.82 bits per heavy atom. The van der Waals surface area contributed by atoms with Gasteiger partial charge in [0.15, 0.2) is 0 Å². The Balaban J connectivity index is 0.000001000. The molecular formula is C8H14CoO2. The maximum Gasteiger partial charge on any atom is 0.302 e. The molecule has 0 bridgehead atoms. The molecule has 0 aromatic carbocycles. The topological polar surface area (TPSA) is 26.3 Å². The number of carbonyl (C=O) groups is 1. The minimum absolute atomic E-state index is 0. The second-order valence-corrected chi connectivity index (χ2v) is 2.87. The average molecular weight is 201 g/mol. The molecule has 0 unspecified atom stereocenters. The van der Waals surface area contributed by atoms with Crippen molar-refractivity contribution in [3.05, 3.63) is 0 Å². The molecule has 0 heterocycles. The van der Waals surface area contributed by atoms with Crippen LogP contribution in [0.4, 0.5) is 0 Å². The SMILES string of the molecule is CC(=O)OC1CCCCC1.[Co]. The molecule has 0 aromatic heterocycles. The molecule has 1 saturated carbocycles. The summed E-state index contributed by atoms with van der Waals surface area (Å²) in [6, 6.07) is 0. The van der Waals surface area contributed by atoms with Gasteiger partial charge >= 0.3 is 5.97 Å². The summed E-state index contributed by atoms with van der Waals surface area (Å²) >= 11 is 0. The van der Waals surface area contributed by atoms with Gasteiger partial charge < -0.3 is 4.74 Å². The van der Waals surface area contributed by atoms with E-state index in [4.69, 9.17) is 4.74 Å². The summed E-state index contributed by atoms with van der Waals surface area (Å²) in [5, 5.41) is 0. The van der Waals surface area contributed by atoms with E-state index < -0.39 is 0 Å². The molecule has 2 nitrogen and oxygen atoms in total. The fraction of sp³-hybridized carbons (Fsp3) is 0.875. The Kier molecular flexibility index (Phi) is 5.59. The van der Waals surface area contributed by atoms with Crippen molar-refractivity contribution >= 4 is 5.97 Å². The fourth-order valence-corrected chi connectivity index (χ4v) is 1.42. The minimum Gasteiger partial charge on any atom is -0.463 e. The molecule has 11 heavy (non-hydrogen) atoms. The van der Waals surface area contributed by atoms with Crippen molar-refractivity contribution in [3.63, 3.8) is 0 Å². The second-order valence-electron chi connectivity index (χ2n) is 2.87. The Bertz CT molecular complexity index is 119. The van der Waals surface area contributed by atoms with E-state index in [1.165, 1.54) is 26.2 Å². The van der Waals surface area contributed by atoms with Crippen LogP contribution in [0.25, 0.3) is 0 Å². The van der Waals surface area contributed by atoms with Gasteiger partial charge in [-0.25, -0.2) is 0 Å². The van der Waals surface area contributed by atoms with Crippen LogP contribution >= 0.6 is 0 Å². The molecule has 0 saturated heterocycles. The summed E-state index contributed by atoms with van der Waals surface area (Å²) in [5.74, 6) is -0.132. The number of ether oxygens (including phenoxy) is 1. The van der Waals surface area contributed by atoms with E-state index in [1.54, 1.807) is 0 Å². The van der Waals surface area contributed by atoms with Gasteiger partial charge in [-0.05, 0) is 25.7 Å². The third kappa shape index (κ3) is 4.43. The summed E-state index contributed by atoms with van der Waals surface area (Å²) in [6.45, 7) is 1.48. The molecule has 0 aliphatic heterocycles. The molecule has 1 aliphatic rings. The monoisotopic (exact) mass is 201 g/mol. The van der Waals surface area contributed by atoms with Crippen LogP contribution in [0.1, 0.15) is 39.0 Å². The van der Waals surface area contributed by atoms with Crippen LogP contribution in [0.3, 0.4) is 0 Å². The maximum atomic E-state index is 10.5. The molecule has 0 spiro atoms. The smallest absolute Gasteiger partial charge is 0.302 e. The van der Waals surface area contributed by atoms with Crippen molar-refractivity contribution in [2.75, 3.05) is 0 Å². The van der Waals surface area contributed by atoms with E-state index in [2.05, 4.69) is 0 Å². The van der Waals surface area contributed by atoms with Crippen molar-refractivity contribution in [1.82, 2.24) is 0 Å². The molecule has 1 rings (SSSR count). The number of hydrogen-bond acceptors (Lipinski definition) is 2. The van der Waals surface area contributed by atoms with Crippen molar-refractivity contribution in [2.24, 2.45) is 0 Å². The van der Waals surface area contributed by atoms with Gasteiger partial charge in [0.25, 0.3) is 0 Å². The Labute approximate surface area is 77.9 Å². The molecule has 1 radical (unpaired) electrons. The zero-order valence-electron chi connectivity index (χ0n) is 6.76. The van der Waals surface area contributed by atoms with Gasteiger partial charge in [0, 0.05) is 23.7 Å². The Hall–Kier alpha value is -0.0235. The first-order valence-electron chi connectivity index (χ1n) is 3.96. The number of hydrogen-bond donors (Lipinski definition) is 0. The van der Waals surface area contributed by atoms with Crippen molar-refractivity contribution < 1.29 is 26.3 Å². The predicted octanol–water partition coefficient (Wildman–Crippen LogP) is 1.88. The first-order valence-corrected chi connectivity index (χ1v) is 3.96. The Morgan fingerprint density at radius 1 is 1.27 bits per heavy atom. The summed E-state index contributed by atoms with van der Waals surface area (Å²) in [6.07, 6.45) is 6.11. The molecule has 1 fully saturated rings. The zero-order valence-corrected chi connectivity index (χ0v) is 7.80. The fourth-order valence-electron chi connectivity index (χ4n) is 1.42. The van der Waals surface area contributed by atoms with E-state index in [9.17, 15) is 4.79 Å². The van der Waals surface area contributed by atoms with Gasteiger partial charge in [-0.3, -0.25) is 4.79 Å². The largest absolute Gasteiger partial charge is 0.463 e. The van der Waals surface area contributed by atoms with Gasteiger partial charge in [0.2, 0.25) is 0 Å². The van der Waals surface area contributed by atoms with Crippen LogP contribution in [0.15, 0.2) is 0 Å². The first-order chi connectivity index (χ1) is 4.79. The molecule has 0 amide bonds. The first kappa shape index (κ1) is 11.0. The van der Waals surface area contributed by atoms with E-state index in [1.807, 2.05) is 0 Å². The number of esters is 1. The van der Waals surface area contributed by atoms with Crippen LogP contribution in [-0.2, 0) is 26.3 Å². The molecule has 0 N–H and O–H groups in total. The summed E-state index contributed by atoms with van der Waals surface area (Å²) in [4.78, 5) is 10.5. The number of rotatable bonds is 1. The molecule has 0 atom stereocenters. The van der Waals surface area contributed by atoms with Gasteiger partial charge in [-0.15, -0.1) is 0 Å². The van der Waals surface area contributed by atoms with Gasteiger partial charge in [0.1, 0.15) is 6.10 Å². The molecule has 3 heteroatoms. The van der Waals surface area contributed by atoms with Crippen molar-refractivity contribution in [3.8, 4) is 0 Å². The van der Waals surface area contributed by atoms with E-state index in [0.29, 0.717) is 0 Å². The normalized spacial score (nSPS) is 18.6. The number of carbonyl (C=O) groups excluding carboxylic acids is 1. The molecular weight excluding hydrogens is 187 g/mol. The second kappa shape index (κ2) is 5.60. The van der Waals surface area contributed by atoms with Crippen LogP contribution in [0.2, 0.25) is 0 Å². The molecule has 1 aliphatic carbocycles. The molecule has 0 aromatic rings. The van der Waals surface area contributed by atoms with Crippen LogP contribution < -0.4 is 0 Å². The van der Waals surface area contributed by atoms with E-state index >= 15 is 0 Å².